The summed E-state index contributed by atoms with van der Waals surface area (Å²) in [7, 11) is 0. The Balaban J connectivity index is 1.66. The number of nitriles is 1. The van der Waals surface area contributed by atoms with Gasteiger partial charge in [-0.05, 0) is 38.0 Å². The summed E-state index contributed by atoms with van der Waals surface area (Å²) in [6, 6.07) is 4.50. The van der Waals surface area contributed by atoms with E-state index in [2.05, 4.69) is 16.4 Å². The number of nitrogens with one attached hydrogen (secondary N) is 1. The van der Waals surface area contributed by atoms with Crippen molar-refractivity contribution in [2.75, 3.05) is 11.1 Å². The highest BCUT2D eigenvalue weighted by Gasteiger charge is 2.22. The molecular weight excluding hydrogens is 264 g/mol. The van der Waals surface area contributed by atoms with Crippen LogP contribution in [-0.2, 0) is 0 Å². The maximum absolute atomic E-state index is 8.66. The van der Waals surface area contributed by atoms with Crippen molar-refractivity contribution in [3.05, 3.63) is 18.5 Å². The first-order chi connectivity index (χ1) is 10.3. The summed E-state index contributed by atoms with van der Waals surface area (Å²) < 4.78 is 5.50. The minimum atomic E-state index is 0.418. The van der Waals surface area contributed by atoms with Crippen LogP contribution in [-0.4, -0.2) is 11.0 Å². The number of nitrogens with zero attached hydrogens (tertiary/aromatic N) is 2. The van der Waals surface area contributed by atoms with Gasteiger partial charge in [0, 0.05) is 18.5 Å². The number of anilines is 2. The molecule has 2 aromatic heterocycles. The average Bonchev–Trinajstić information content (AvgIpc) is 2.98. The van der Waals surface area contributed by atoms with Crippen molar-refractivity contribution in [3.8, 4) is 6.07 Å². The molecule has 0 bridgehead atoms. The van der Waals surface area contributed by atoms with E-state index in [1.54, 1.807) is 12.5 Å². The van der Waals surface area contributed by atoms with Crippen molar-refractivity contribution in [1.29, 1.82) is 5.26 Å². The Morgan fingerprint density at radius 1 is 1.38 bits per heavy atom. The van der Waals surface area contributed by atoms with Crippen LogP contribution in [0.15, 0.2) is 22.9 Å². The van der Waals surface area contributed by atoms with E-state index in [1.807, 2.05) is 6.07 Å². The molecule has 0 aliphatic heterocycles. The van der Waals surface area contributed by atoms with Crippen molar-refractivity contribution in [3.63, 3.8) is 0 Å². The first-order valence-corrected chi connectivity index (χ1v) is 7.53. The van der Waals surface area contributed by atoms with Gasteiger partial charge in [-0.3, -0.25) is 4.98 Å². The average molecular weight is 284 g/mol. The summed E-state index contributed by atoms with van der Waals surface area (Å²) in [6.07, 6.45) is 9.59. The standard InChI is InChI=1S/C16H20N4O/c17-8-1-2-11-3-5-12(6-4-11)20-15-13(18)10-19-14-7-9-21-16(14)15/h7,9-12H,1-6,18H2,(H,19,20). The lowest BCUT2D eigenvalue weighted by atomic mass is 9.83. The van der Waals surface area contributed by atoms with Gasteiger partial charge in [-0.15, -0.1) is 0 Å². The van der Waals surface area contributed by atoms with Crippen molar-refractivity contribution in [1.82, 2.24) is 4.98 Å². The maximum Gasteiger partial charge on any atom is 0.177 e. The predicted octanol–water partition coefficient (Wildman–Crippen LogP) is 3.68. The van der Waals surface area contributed by atoms with Crippen molar-refractivity contribution >= 4 is 22.5 Å². The Bertz CT molecular complexity index is 650. The second-order valence-electron chi connectivity index (χ2n) is 5.78. The zero-order valence-electron chi connectivity index (χ0n) is 12.0. The third-order valence-electron chi connectivity index (χ3n) is 4.36. The normalized spacial score (nSPS) is 22.0. The fraction of sp³-hybridized carbons (Fsp3) is 0.500. The van der Waals surface area contributed by atoms with Crippen LogP contribution in [0.2, 0.25) is 0 Å². The molecule has 5 nitrogen and oxygen atoms in total. The second kappa shape index (κ2) is 6.04. The topological polar surface area (TPSA) is 87.9 Å². The number of pyridine rings is 1. The SMILES string of the molecule is N#CCCC1CCC(Nc2c(N)cnc3ccoc23)CC1. The highest BCUT2D eigenvalue weighted by molar-refractivity contribution is 5.92. The van der Waals surface area contributed by atoms with Gasteiger partial charge in [0.05, 0.1) is 24.2 Å². The van der Waals surface area contributed by atoms with E-state index in [0.29, 0.717) is 24.1 Å². The van der Waals surface area contributed by atoms with E-state index in [1.165, 1.54) is 12.8 Å². The third-order valence-corrected chi connectivity index (χ3v) is 4.36. The van der Waals surface area contributed by atoms with Crippen LogP contribution in [0.25, 0.3) is 11.1 Å². The molecular formula is C16H20N4O. The number of rotatable bonds is 4. The molecule has 0 unspecified atom stereocenters. The molecule has 3 N–H and O–H groups in total. The van der Waals surface area contributed by atoms with Crippen molar-refractivity contribution in [2.45, 2.75) is 44.6 Å². The van der Waals surface area contributed by atoms with Crippen LogP contribution in [0.5, 0.6) is 0 Å². The molecule has 2 aromatic rings. The summed E-state index contributed by atoms with van der Waals surface area (Å²) in [5.41, 5.74) is 9.10. The van der Waals surface area contributed by atoms with Gasteiger partial charge in [-0.2, -0.15) is 5.26 Å². The Morgan fingerprint density at radius 2 is 2.19 bits per heavy atom. The van der Waals surface area contributed by atoms with E-state index in [-0.39, 0.29) is 0 Å². The molecule has 0 radical (unpaired) electrons. The molecule has 0 aromatic carbocycles. The Kier molecular flexibility index (Phi) is 3.96. The monoisotopic (exact) mass is 284 g/mol. The number of aromatic nitrogens is 1. The predicted molar refractivity (Wildman–Crippen MR) is 82.6 cm³/mol. The first-order valence-electron chi connectivity index (χ1n) is 7.53. The quantitative estimate of drug-likeness (QED) is 0.894. The van der Waals surface area contributed by atoms with E-state index >= 15 is 0 Å². The van der Waals surface area contributed by atoms with Gasteiger partial charge in [-0.1, -0.05) is 0 Å². The lowest BCUT2D eigenvalue weighted by Gasteiger charge is -2.29. The highest BCUT2D eigenvalue weighted by Crippen LogP contribution is 2.33. The number of nitrogens with two attached hydrogens (primary N) is 1. The van der Waals surface area contributed by atoms with Gasteiger partial charge in [0.2, 0.25) is 0 Å². The molecule has 0 saturated heterocycles. The molecule has 1 saturated carbocycles. The minimum absolute atomic E-state index is 0.418. The molecule has 0 spiro atoms. The molecule has 0 atom stereocenters. The summed E-state index contributed by atoms with van der Waals surface area (Å²) in [4.78, 5) is 4.25. The summed E-state index contributed by atoms with van der Waals surface area (Å²) >= 11 is 0. The molecule has 3 rings (SSSR count). The fourth-order valence-electron chi connectivity index (χ4n) is 3.14. The zero-order chi connectivity index (χ0) is 14.7. The summed E-state index contributed by atoms with van der Waals surface area (Å²) in [5, 5.41) is 12.2. The number of hydrogen-bond donors (Lipinski definition) is 2. The summed E-state index contributed by atoms with van der Waals surface area (Å²) in [5.74, 6) is 0.695. The molecule has 2 heterocycles. The van der Waals surface area contributed by atoms with Crippen molar-refractivity contribution in [2.24, 2.45) is 5.92 Å². The largest absolute Gasteiger partial charge is 0.460 e. The molecule has 110 valence electrons. The van der Waals surface area contributed by atoms with Crippen LogP contribution in [0.3, 0.4) is 0 Å². The summed E-state index contributed by atoms with van der Waals surface area (Å²) in [6.45, 7) is 0. The van der Waals surface area contributed by atoms with Gasteiger partial charge >= 0.3 is 0 Å². The molecule has 1 aliphatic carbocycles. The number of hydrogen-bond acceptors (Lipinski definition) is 5. The third kappa shape index (κ3) is 2.94. The lowest BCUT2D eigenvalue weighted by Crippen LogP contribution is -2.26. The molecule has 0 amide bonds. The van der Waals surface area contributed by atoms with Crippen molar-refractivity contribution < 1.29 is 4.42 Å². The minimum Gasteiger partial charge on any atom is -0.460 e. The van der Waals surface area contributed by atoms with Crippen LogP contribution in [0.1, 0.15) is 38.5 Å². The van der Waals surface area contributed by atoms with Crippen LogP contribution >= 0.6 is 0 Å². The fourth-order valence-corrected chi connectivity index (χ4v) is 3.14. The van der Waals surface area contributed by atoms with Crippen LogP contribution < -0.4 is 11.1 Å². The lowest BCUT2D eigenvalue weighted by molar-refractivity contribution is 0.323. The van der Waals surface area contributed by atoms with Crippen LogP contribution in [0, 0.1) is 17.2 Å². The smallest absolute Gasteiger partial charge is 0.177 e. The number of furan rings is 1. The maximum atomic E-state index is 8.66. The van der Waals surface area contributed by atoms with Crippen LogP contribution in [0.4, 0.5) is 11.4 Å². The van der Waals surface area contributed by atoms with Gasteiger partial charge in [0.25, 0.3) is 0 Å². The first kappa shape index (κ1) is 13.7. The van der Waals surface area contributed by atoms with E-state index in [4.69, 9.17) is 15.4 Å². The number of nitrogen functional groups attached to an aromatic ring is 1. The van der Waals surface area contributed by atoms with E-state index in [9.17, 15) is 0 Å². The Morgan fingerprint density at radius 3 is 2.95 bits per heavy atom. The van der Waals surface area contributed by atoms with Gasteiger partial charge in [0.1, 0.15) is 11.2 Å². The van der Waals surface area contributed by atoms with Gasteiger partial charge in [-0.25, -0.2) is 0 Å². The molecule has 5 heteroatoms. The zero-order valence-corrected chi connectivity index (χ0v) is 12.0. The molecule has 1 aliphatic rings. The highest BCUT2D eigenvalue weighted by atomic mass is 16.3. The van der Waals surface area contributed by atoms with Gasteiger partial charge in [0.15, 0.2) is 5.58 Å². The van der Waals surface area contributed by atoms with Gasteiger partial charge < -0.3 is 15.5 Å². The number of fused-ring (bicyclic) bond motifs is 1. The molecule has 21 heavy (non-hydrogen) atoms. The Labute approximate surface area is 124 Å². The van der Waals surface area contributed by atoms with E-state index in [0.717, 1.165) is 36.0 Å². The second-order valence-corrected chi connectivity index (χ2v) is 5.78. The Hall–Kier alpha value is -2.22. The molecule has 1 fully saturated rings. The van der Waals surface area contributed by atoms with E-state index < -0.39 is 0 Å².